The first-order valence-corrected chi connectivity index (χ1v) is 15.6. The zero-order valence-corrected chi connectivity index (χ0v) is 25.1. The predicted octanol–water partition coefficient (Wildman–Crippen LogP) is 4.06. The third-order valence-corrected chi connectivity index (χ3v) is 9.71. The summed E-state index contributed by atoms with van der Waals surface area (Å²) in [5.74, 6) is -2.00. The van der Waals surface area contributed by atoms with E-state index in [-0.39, 0.29) is 54.7 Å². The van der Waals surface area contributed by atoms with Crippen LogP contribution in [-0.2, 0) is 14.3 Å². The quantitative estimate of drug-likeness (QED) is 0.102. The standard InChI is InChI=1S/C37H34BNO7/c40-20-25-18-30-35(37(43)39(36(30)42)27-10-6-9-26(19-27)38(44)45)31-21-46-33(34(25)31)16-14-23(22-7-2-1-3-8-22)17-24-13-15-32(41)29-12-5-4-11-28(24)29/h1-13,15,17,19,30-31,33,35,40-41,44-45H,14,16,18,20-21H2/b23-17-/t30-,31+,33-,35-/m1/s1. The van der Waals surface area contributed by atoms with Gasteiger partial charge in [0.05, 0.1) is 36.8 Å². The molecule has 8 nitrogen and oxygen atoms in total. The number of phenols is 1. The molecular weight excluding hydrogens is 581 g/mol. The third-order valence-electron chi connectivity index (χ3n) is 9.71. The first-order valence-electron chi connectivity index (χ1n) is 15.6. The molecule has 2 saturated heterocycles. The second-order valence-corrected chi connectivity index (χ2v) is 12.3. The largest absolute Gasteiger partial charge is 0.507 e. The van der Waals surface area contributed by atoms with Crippen LogP contribution in [-0.4, -0.2) is 58.5 Å². The summed E-state index contributed by atoms with van der Waals surface area (Å²) < 4.78 is 6.36. The zero-order valence-electron chi connectivity index (χ0n) is 25.1. The topological polar surface area (TPSA) is 128 Å². The van der Waals surface area contributed by atoms with Gasteiger partial charge in [-0.1, -0.05) is 78.9 Å². The van der Waals surface area contributed by atoms with E-state index in [2.05, 4.69) is 18.2 Å². The number of rotatable bonds is 8. The van der Waals surface area contributed by atoms with E-state index in [1.807, 2.05) is 48.5 Å². The van der Waals surface area contributed by atoms with E-state index in [9.17, 15) is 29.9 Å². The summed E-state index contributed by atoms with van der Waals surface area (Å²) in [4.78, 5) is 28.7. The van der Waals surface area contributed by atoms with Gasteiger partial charge in [-0.3, -0.25) is 14.5 Å². The van der Waals surface area contributed by atoms with Gasteiger partial charge in [0.1, 0.15) is 5.75 Å². The van der Waals surface area contributed by atoms with Crippen molar-refractivity contribution >= 4 is 52.5 Å². The monoisotopic (exact) mass is 615 g/mol. The molecule has 232 valence electrons. The van der Waals surface area contributed by atoms with E-state index in [1.54, 1.807) is 18.2 Å². The van der Waals surface area contributed by atoms with Gasteiger partial charge in [-0.25, -0.2) is 0 Å². The third kappa shape index (κ3) is 5.25. The van der Waals surface area contributed by atoms with Crippen molar-refractivity contribution in [2.75, 3.05) is 18.1 Å². The molecule has 9 heteroatoms. The molecule has 7 rings (SSSR count). The van der Waals surface area contributed by atoms with Crippen LogP contribution in [0, 0.1) is 17.8 Å². The Kier molecular flexibility index (Phi) is 8.08. The number of hydrogen-bond acceptors (Lipinski definition) is 7. The predicted molar refractivity (Wildman–Crippen MR) is 177 cm³/mol. The van der Waals surface area contributed by atoms with Gasteiger partial charge >= 0.3 is 7.12 Å². The summed E-state index contributed by atoms with van der Waals surface area (Å²) >= 11 is 0. The van der Waals surface area contributed by atoms with Gasteiger partial charge in [-0.2, -0.15) is 0 Å². The molecule has 0 radical (unpaired) electrons. The van der Waals surface area contributed by atoms with E-state index in [4.69, 9.17) is 4.74 Å². The molecule has 4 N–H and O–H groups in total. The molecule has 0 aromatic heterocycles. The molecule has 2 amide bonds. The van der Waals surface area contributed by atoms with Crippen LogP contribution >= 0.6 is 0 Å². The second kappa shape index (κ2) is 12.3. The van der Waals surface area contributed by atoms with E-state index in [0.29, 0.717) is 18.5 Å². The van der Waals surface area contributed by atoms with Crippen LogP contribution in [0.15, 0.2) is 102 Å². The molecule has 4 aromatic carbocycles. The Morgan fingerprint density at radius 3 is 2.41 bits per heavy atom. The van der Waals surface area contributed by atoms with Gasteiger partial charge in [0.25, 0.3) is 0 Å². The maximum Gasteiger partial charge on any atom is 0.488 e. The zero-order chi connectivity index (χ0) is 31.9. The average molecular weight is 615 g/mol. The van der Waals surface area contributed by atoms with E-state index >= 15 is 0 Å². The number of aliphatic hydroxyl groups is 1. The smallest absolute Gasteiger partial charge is 0.488 e. The molecule has 2 fully saturated rings. The van der Waals surface area contributed by atoms with E-state index in [0.717, 1.165) is 43.5 Å². The molecule has 4 atom stereocenters. The Bertz CT molecular complexity index is 1890. The highest BCUT2D eigenvalue weighted by atomic mass is 16.5. The molecule has 1 aliphatic carbocycles. The van der Waals surface area contributed by atoms with Crippen molar-refractivity contribution in [3.05, 3.63) is 113 Å². The number of fused-ring (bicyclic) bond motifs is 4. The van der Waals surface area contributed by atoms with Crippen LogP contribution in [0.4, 0.5) is 5.69 Å². The number of carbonyl (C=O) groups is 2. The van der Waals surface area contributed by atoms with Crippen molar-refractivity contribution in [1.82, 2.24) is 0 Å². The summed E-state index contributed by atoms with van der Waals surface area (Å²) in [7, 11) is -1.73. The van der Waals surface area contributed by atoms with Gasteiger partial charge in [0.2, 0.25) is 11.8 Å². The minimum absolute atomic E-state index is 0.190. The van der Waals surface area contributed by atoms with Gasteiger partial charge in [-0.15, -0.1) is 0 Å². The summed E-state index contributed by atoms with van der Waals surface area (Å²) in [6, 6.07) is 27.7. The Balaban J connectivity index is 1.18. The molecule has 2 aliphatic heterocycles. The lowest BCUT2D eigenvalue weighted by molar-refractivity contribution is -0.122. The highest BCUT2D eigenvalue weighted by Gasteiger charge is 2.57. The number of carbonyl (C=O) groups excluding carboxylic acids is 2. The van der Waals surface area contributed by atoms with Crippen molar-refractivity contribution in [1.29, 1.82) is 0 Å². The second-order valence-electron chi connectivity index (χ2n) is 12.3. The number of imide groups is 1. The average Bonchev–Trinajstić information content (AvgIpc) is 3.61. The van der Waals surface area contributed by atoms with Crippen molar-refractivity contribution in [2.24, 2.45) is 17.8 Å². The van der Waals surface area contributed by atoms with E-state index in [1.165, 1.54) is 12.1 Å². The number of amides is 2. The number of hydrogen-bond donors (Lipinski definition) is 4. The maximum atomic E-state index is 13.9. The van der Waals surface area contributed by atoms with Crippen LogP contribution in [0.3, 0.4) is 0 Å². The van der Waals surface area contributed by atoms with Crippen molar-refractivity contribution in [3.8, 4) is 5.75 Å². The van der Waals surface area contributed by atoms with Crippen LogP contribution < -0.4 is 10.4 Å². The van der Waals surface area contributed by atoms with Crippen LogP contribution in [0.25, 0.3) is 22.4 Å². The van der Waals surface area contributed by atoms with Gasteiger partial charge in [0, 0.05) is 11.3 Å². The SMILES string of the molecule is O=C1[C@@H]2[C@@H](CC(CO)=C3[C@@H](CC/C(=C/c4ccc(O)c5ccccc45)c4ccccc4)OC[C@@H]32)C(=O)N1c1cccc(B(O)O)c1. The van der Waals surface area contributed by atoms with Crippen LogP contribution in [0.1, 0.15) is 30.4 Å². The van der Waals surface area contributed by atoms with Gasteiger partial charge in [-0.05, 0) is 76.2 Å². The number of allylic oxidation sites excluding steroid dienone is 1. The maximum absolute atomic E-state index is 13.9. The Hall–Kier alpha value is -4.54. The molecule has 2 heterocycles. The first kappa shape index (κ1) is 30.1. The normalized spacial score (nSPS) is 22.8. The molecule has 4 aromatic rings. The van der Waals surface area contributed by atoms with Crippen LogP contribution in [0.2, 0.25) is 0 Å². The number of ether oxygens (including phenoxy) is 1. The van der Waals surface area contributed by atoms with Crippen molar-refractivity contribution in [2.45, 2.75) is 25.4 Å². The lowest BCUT2D eigenvalue weighted by Gasteiger charge is -2.31. The van der Waals surface area contributed by atoms with Crippen LogP contribution in [0.5, 0.6) is 5.75 Å². The fraction of sp³-hybridized carbons (Fsp3) is 0.243. The summed E-state index contributed by atoms with van der Waals surface area (Å²) in [6.45, 7) is 0.0589. The number of nitrogens with zero attached hydrogens (tertiary/aromatic N) is 1. The number of phenolic OH excluding ortho intramolecular Hbond substituents is 1. The molecule has 0 spiro atoms. The lowest BCUT2D eigenvalue weighted by atomic mass is 9.69. The summed E-state index contributed by atoms with van der Waals surface area (Å²) in [6.07, 6.45) is 3.38. The summed E-state index contributed by atoms with van der Waals surface area (Å²) in [5, 5.41) is 41.9. The molecule has 0 unspecified atom stereocenters. The number of aliphatic hydroxyl groups excluding tert-OH is 1. The fourth-order valence-electron chi connectivity index (χ4n) is 7.56. The molecular formula is C37H34BNO7. The Morgan fingerprint density at radius 2 is 1.65 bits per heavy atom. The number of benzene rings is 4. The highest BCUT2D eigenvalue weighted by Crippen LogP contribution is 2.50. The number of aromatic hydroxyl groups is 1. The highest BCUT2D eigenvalue weighted by molar-refractivity contribution is 6.58. The molecule has 0 saturated carbocycles. The van der Waals surface area contributed by atoms with E-state index < -0.39 is 19.0 Å². The first-order chi connectivity index (χ1) is 22.4. The lowest BCUT2D eigenvalue weighted by Crippen LogP contribution is -2.35. The fourth-order valence-corrected chi connectivity index (χ4v) is 7.56. The minimum Gasteiger partial charge on any atom is -0.507 e. The molecule has 3 aliphatic rings. The Morgan fingerprint density at radius 1 is 0.891 bits per heavy atom. The van der Waals surface area contributed by atoms with Crippen molar-refractivity contribution in [3.63, 3.8) is 0 Å². The minimum atomic E-state index is -1.73. The van der Waals surface area contributed by atoms with Gasteiger partial charge in [0.15, 0.2) is 0 Å². The molecule has 0 bridgehead atoms. The molecule has 46 heavy (non-hydrogen) atoms. The van der Waals surface area contributed by atoms with Crippen molar-refractivity contribution < 1.29 is 34.6 Å². The summed E-state index contributed by atoms with van der Waals surface area (Å²) in [5.41, 5.74) is 5.32. The number of anilines is 1. The van der Waals surface area contributed by atoms with Gasteiger partial charge < -0.3 is 25.0 Å². The Labute approximate surface area is 267 Å².